The third-order valence-corrected chi connectivity index (χ3v) is 5.52. The van der Waals surface area contributed by atoms with E-state index in [1.807, 2.05) is 25.1 Å². The molecule has 3 nitrogen and oxygen atoms in total. The maximum atomic E-state index is 12.4. The third-order valence-electron chi connectivity index (χ3n) is 4.02. The van der Waals surface area contributed by atoms with E-state index >= 15 is 0 Å². The SMILES string of the molecule is C=CC[C@@H]1CCCC[C@@H]1NS(=O)(=O)c1ccc(C)cc1. The van der Waals surface area contributed by atoms with Crippen molar-refractivity contribution in [3.63, 3.8) is 0 Å². The molecule has 1 aliphatic carbocycles. The van der Waals surface area contributed by atoms with Crippen molar-refractivity contribution in [2.75, 3.05) is 0 Å². The highest BCUT2D eigenvalue weighted by Crippen LogP contribution is 2.28. The van der Waals surface area contributed by atoms with Crippen molar-refractivity contribution in [1.29, 1.82) is 0 Å². The Morgan fingerprint density at radius 1 is 1.25 bits per heavy atom. The van der Waals surface area contributed by atoms with E-state index in [-0.39, 0.29) is 6.04 Å². The first-order chi connectivity index (χ1) is 9.53. The lowest BCUT2D eigenvalue weighted by Gasteiger charge is -2.31. The summed E-state index contributed by atoms with van der Waals surface area (Å²) >= 11 is 0. The molecule has 20 heavy (non-hydrogen) atoms. The molecule has 110 valence electrons. The molecule has 2 rings (SSSR count). The minimum atomic E-state index is -3.41. The summed E-state index contributed by atoms with van der Waals surface area (Å²) in [5.41, 5.74) is 1.06. The van der Waals surface area contributed by atoms with E-state index in [1.165, 1.54) is 6.42 Å². The van der Waals surface area contributed by atoms with Crippen molar-refractivity contribution < 1.29 is 8.42 Å². The Morgan fingerprint density at radius 3 is 2.55 bits per heavy atom. The molecule has 4 heteroatoms. The van der Waals surface area contributed by atoms with Crippen LogP contribution in [0.5, 0.6) is 0 Å². The van der Waals surface area contributed by atoms with Crippen molar-refractivity contribution in [3.05, 3.63) is 42.5 Å². The van der Waals surface area contributed by atoms with Gasteiger partial charge >= 0.3 is 0 Å². The summed E-state index contributed by atoms with van der Waals surface area (Å²) < 4.78 is 27.7. The van der Waals surface area contributed by atoms with E-state index < -0.39 is 10.0 Å². The fourth-order valence-corrected chi connectivity index (χ4v) is 4.18. The third kappa shape index (κ3) is 3.70. The van der Waals surface area contributed by atoms with Crippen LogP contribution in [-0.2, 0) is 10.0 Å². The fraction of sp³-hybridized carbons (Fsp3) is 0.500. The van der Waals surface area contributed by atoms with Gasteiger partial charge < -0.3 is 0 Å². The summed E-state index contributed by atoms with van der Waals surface area (Å²) in [7, 11) is -3.41. The summed E-state index contributed by atoms with van der Waals surface area (Å²) in [6.45, 7) is 5.73. The van der Waals surface area contributed by atoms with Crippen molar-refractivity contribution in [2.45, 2.75) is 50.0 Å². The standard InChI is InChI=1S/C16H23NO2S/c1-3-6-14-7-4-5-8-16(14)17-20(18,19)15-11-9-13(2)10-12-15/h3,9-12,14,16-17H,1,4-8H2,2H3/t14-,16+/m1/s1. The van der Waals surface area contributed by atoms with Crippen molar-refractivity contribution >= 4 is 10.0 Å². The molecule has 1 saturated carbocycles. The van der Waals surface area contributed by atoms with Gasteiger partial charge in [0.25, 0.3) is 0 Å². The largest absolute Gasteiger partial charge is 0.240 e. The van der Waals surface area contributed by atoms with Crippen LogP contribution >= 0.6 is 0 Å². The summed E-state index contributed by atoms with van der Waals surface area (Å²) in [5.74, 6) is 0.376. The Labute approximate surface area is 122 Å². The first-order valence-electron chi connectivity index (χ1n) is 7.23. The van der Waals surface area contributed by atoms with Crippen LogP contribution in [0.2, 0.25) is 0 Å². The molecule has 1 fully saturated rings. The Hall–Kier alpha value is -1.13. The van der Waals surface area contributed by atoms with E-state index in [0.717, 1.165) is 31.2 Å². The molecule has 1 aliphatic rings. The lowest BCUT2D eigenvalue weighted by molar-refractivity contribution is 0.291. The van der Waals surface area contributed by atoms with Gasteiger partial charge in [0.2, 0.25) is 10.0 Å². The van der Waals surface area contributed by atoms with Crippen LogP contribution in [0.15, 0.2) is 41.8 Å². The minimum absolute atomic E-state index is 0.0352. The molecule has 1 aromatic carbocycles. The first-order valence-corrected chi connectivity index (χ1v) is 8.71. The molecule has 0 aromatic heterocycles. The molecular formula is C16H23NO2S. The molecule has 0 amide bonds. The molecular weight excluding hydrogens is 270 g/mol. The van der Waals surface area contributed by atoms with Crippen LogP contribution in [0.4, 0.5) is 0 Å². The number of hydrogen-bond acceptors (Lipinski definition) is 2. The van der Waals surface area contributed by atoms with Crippen molar-refractivity contribution in [2.24, 2.45) is 5.92 Å². The first kappa shape index (κ1) is 15.3. The second-order valence-corrected chi connectivity index (χ2v) is 7.32. The van der Waals surface area contributed by atoms with Gasteiger partial charge in [-0.1, -0.05) is 36.6 Å². The Bertz CT molecular complexity index is 548. The zero-order valence-corrected chi connectivity index (χ0v) is 12.8. The highest BCUT2D eigenvalue weighted by atomic mass is 32.2. The van der Waals surface area contributed by atoms with E-state index in [9.17, 15) is 8.42 Å². The highest BCUT2D eigenvalue weighted by molar-refractivity contribution is 7.89. The molecule has 0 saturated heterocycles. The number of hydrogen-bond donors (Lipinski definition) is 1. The highest BCUT2D eigenvalue weighted by Gasteiger charge is 2.28. The summed E-state index contributed by atoms with van der Waals surface area (Å²) in [6.07, 6.45) is 7.04. The maximum absolute atomic E-state index is 12.4. The molecule has 2 atom stereocenters. The average molecular weight is 293 g/mol. The molecule has 0 heterocycles. The lowest BCUT2D eigenvalue weighted by atomic mass is 9.83. The van der Waals surface area contributed by atoms with E-state index in [2.05, 4.69) is 11.3 Å². The van der Waals surface area contributed by atoms with Gasteiger partial charge in [-0.2, -0.15) is 0 Å². The van der Waals surface area contributed by atoms with Crippen LogP contribution in [-0.4, -0.2) is 14.5 Å². The smallest absolute Gasteiger partial charge is 0.208 e. The van der Waals surface area contributed by atoms with Gasteiger partial charge in [0.05, 0.1) is 4.90 Å². The van der Waals surface area contributed by atoms with Gasteiger partial charge in [0, 0.05) is 6.04 Å². The number of benzene rings is 1. The second kappa shape index (κ2) is 6.55. The topological polar surface area (TPSA) is 46.2 Å². The monoisotopic (exact) mass is 293 g/mol. The summed E-state index contributed by atoms with van der Waals surface area (Å²) in [6, 6.07) is 7.03. The van der Waals surface area contributed by atoms with E-state index in [0.29, 0.717) is 10.8 Å². The normalized spacial score (nSPS) is 23.4. The van der Waals surface area contributed by atoms with Crippen LogP contribution in [0.3, 0.4) is 0 Å². The van der Waals surface area contributed by atoms with Crippen molar-refractivity contribution in [1.82, 2.24) is 4.72 Å². The average Bonchev–Trinajstić information content (AvgIpc) is 2.41. The molecule has 1 N–H and O–H groups in total. The Balaban J connectivity index is 2.13. The van der Waals surface area contributed by atoms with Crippen LogP contribution in [0.25, 0.3) is 0 Å². The quantitative estimate of drug-likeness (QED) is 0.846. The van der Waals surface area contributed by atoms with Crippen LogP contribution < -0.4 is 4.72 Å². The minimum Gasteiger partial charge on any atom is -0.208 e. The Kier molecular flexibility index (Phi) is 5.00. The summed E-state index contributed by atoms with van der Waals surface area (Å²) in [4.78, 5) is 0.353. The molecule has 0 aliphatic heterocycles. The lowest BCUT2D eigenvalue weighted by Crippen LogP contribution is -2.41. The van der Waals surface area contributed by atoms with Gasteiger partial charge in [0.15, 0.2) is 0 Å². The molecule has 0 radical (unpaired) electrons. The van der Waals surface area contributed by atoms with Crippen LogP contribution in [0, 0.1) is 12.8 Å². The number of rotatable bonds is 5. The van der Waals surface area contributed by atoms with Crippen LogP contribution in [0.1, 0.15) is 37.7 Å². The van der Waals surface area contributed by atoms with Gasteiger partial charge in [0.1, 0.15) is 0 Å². The van der Waals surface area contributed by atoms with E-state index in [4.69, 9.17) is 0 Å². The molecule has 0 unspecified atom stereocenters. The molecule has 0 spiro atoms. The predicted octanol–water partition coefficient (Wildman–Crippen LogP) is 3.41. The number of sulfonamides is 1. The number of allylic oxidation sites excluding steroid dienone is 1. The molecule has 1 aromatic rings. The van der Waals surface area contributed by atoms with E-state index in [1.54, 1.807) is 12.1 Å². The predicted molar refractivity (Wildman–Crippen MR) is 82.1 cm³/mol. The Morgan fingerprint density at radius 2 is 1.90 bits per heavy atom. The number of nitrogens with one attached hydrogen (secondary N) is 1. The van der Waals surface area contributed by atoms with Gasteiger partial charge in [-0.3, -0.25) is 0 Å². The van der Waals surface area contributed by atoms with Gasteiger partial charge in [-0.25, -0.2) is 13.1 Å². The zero-order valence-electron chi connectivity index (χ0n) is 12.0. The fourth-order valence-electron chi connectivity index (χ4n) is 2.84. The number of aryl methyl sites for hydroxylation is 1. The summed E-state index contributed by atoms with van der Waals surface area (Å²) in [5, 5.41) is 0. The molecule has 0 bridgehead atoms. The second-order valence-electron chi connectivity index (χ2n) is 5.61. The maximum Gasteiger partial charge on any atom is 0.240 e. The van der Waals surface area contributed by atoms with Crippen molar-refractivity contribution in [3.8, 4) is 0 Å². The van der Waals surface area contributed by atoms with Gasteiger partial charge in [-0.15, -0.1) is 6.58 Å². The van der Waals surface area contributed by atoms with Gasteiger partial charge in [-0.05, 0) is 44.2 Å². The zero-order chi connectivity index (χ0) is 14.6.